The van der Waals surface area contributed by atoms with E-state index in [2.05, 4.69) is 6.07 Å². The summed E-state index contributed by atoms with van der Waals surface area (Å²) in [7, 11) is 0. The fourth-order valence-electron chi connectivity index (χ4n) is 2.65. The molecule has 0 aromatic rings. The Hall–Kier alpha value is -1.04. The Morgan fingerprint density at radius 2 is 2.38 bits per heavy atom. The zero-order valence-electron chi connectivity index (χ0n) is 7.91. The van der Waals surface area contributed by atoms with E-state index in [1.165, 1.54) is 0 Å². The Bertz CT molecular complexity index is 294. The Balaban J connectivity index is 2.22. The van der Waals surface area contributed by atoms with Crippen molar-refractivity contribution in [3.05, 3.63) is 0 Å². The zero-order chi connectivity index (χ0) is 9.64. The number of hydrogen-bond acceptors (Lipinski definition) is 3. The van der Waals surface area contributed by atoms with Crippen molar-refractivity contribution < 1.29 is 9.53 Å². The molecule has 0 N–H and O–H groups in total. The van der Waals surface area contributed by atoms with Crippen molar-refractivity contribution in [2.45, 2.75) is 32.8 Å². The first kappa shape index (κ1) is 8.55. The molecule has 0 bridgehead atoms. The van der Waals surface area contributed by atoms with E-state index in [4.69, 9.17) is 10.00 Å². The third-order valence-electron chi connectivity index (χ3n) is 3.55. The van der Waals surface area contributed by atoms with Gasteiger partial charge in [-0.3, -0.25) is 4.79 Å². The summed E-state index contributed by atoms with van der Waals surface area (Å²) in [5, 5.41) is 8.86. The first-order valence-corrected chi connectivity index (χ1v) is 4.68. The van der Waals surface area contributed by atoms with Crippen LogP contribution in [0, 0.1) is 28.6 Å². The quantitative estimate of drug-likeness (QED) is 0.529. The lowest BCUT2D eigenvalue weighted by molar-refractivity contribution is -0.189. The molecule has 3 nitrogen and oxygen atoms in total. The summed E-state index contributed by atoms with van der Waals surface area (Å²) in [6.45, 7) is 3.93. The molecule has 4 atom stereocenters. The number of nitrogens with zero attached hydrogens (tertiary/aromatic N) is 1. The van der Waals surface area contributed by atoms with Crippen LogP contribution in [-0.4, -0.2) is 12.1 Å². The second-order valence-corrected chi connectivity index (χ2v) is 4.43. The summed E-state index contributed by atoms with van der Waals surface area (Å²) in [5.41, 5.74) is -0.108. The van der Waals surface area contributed by atoms with Crippen LogP contribution in [0.2, 0.25) is 0 Å². The van der Waals surface area contributed by atoms with E-state index in [0.29, 0.717) is 6.42 Å². The van der Waals surface area contributed by atoms with Gasteiger partial charge in [-0.2, -0.15) is 5.26 Å². The molecule has 1 saturated heterocycles. The van der Waals surface area contributed by atoms with Gasteiger partial charge in [0.1, 0.15) is 0 Å². The summed E-state index contributed by atoms with van der Waals surface area (Å²) in [6, 6.07) is 2.27. The van der Waals surface area contributed by atoms with Crippen LogP contribution >= 0.6 is 0 Å². The summed E-state index contributed by atoms with van der Waals surface area (Å²) in [5.74, 6) is -0.0751. The van der Waals surface area contributed by atoms with Gasteiger partial charge in [0.2, 0.25) is 0 Å². The number of nitriles is 1. The molecule has 2 aliphatic rings. The van der Waals surface area contributed by atoms with E-state index in [1.54, 1.807) is 0 Å². The van der Waals surface area contributed by atoms with Crippen molar-refractivity contribution in [1.82, 2.24) is 0 Å². The molecule has 2 fully saturated rings. The van der Waals surface area contributed by atoms with E-state index in [9.17, 15) is 4.79 Å². The maximum absolute atomic E-state index is 11.4. The van der Waals surface area contributed by atoms with Gasteiger partial charge in [0.15, 0.2) is 0 Å². The highest BCUT2D eigenvalue weighted by Gasteiger charge is 2.59. The highest BCUT2D eigenvalue weighted by molar-refractivity contribution is 5.76. The molecule has 0 radical (unpaired) electrons. The van der Waals surface area contributed by atoms with Gasteiger partial charge in [-0.15, -0.1) is 0 Å². The highest BCUT2D eigenvalue weighted by atomic mass is 16.5. The normalized spacial score (nSPS) is 48.4. The van der Waals surface area contributed by atoms with Crippen LogP contribution in [-0.2, 0) is 9.53 Å². The van der Waals surface area contributed by atoms with Crippen molar-refractivity contribution in [2.24, 2.45) is 17.3 Å². The number of esters is 1. The standard InChI is InChI=1S/C10H13NO2/c1-6-4-10(2)7(5-11)3-8(10)9(12)13-6/h6-8H,3-4H2,1-2H3. The van der Waals surface area contributed by atoms with Crippen LogP contribution in [0.3, 0.4) is 0 Å². The van der Waals surface area contributed by atoms with E-state index in [-0.39, 0.29) is 29.3 Å². The number of carbonyl (C=O) groups is 1. The Morgan fingerprint density at radius 1 is 1.69 bits per heavy atom. The smallest absolute Gasteiger partial charge is 0.309 e. The first-order valence-electron chi connectivity index (χ1n) is 4.68. The van der Waals surface area contributed by atoms with Gasteiger partial charge in [0.05, 0.1) is 24.0 Å². The van der Waals surface area contributed by atoms with E-state index >= 15 is 0 Å². The molecule has 1 aliphatic heterocycles. The van der Waals surface area contributed by atoms with Crippen molar-refractivity contribution in [1.29, 1.82) is 5.26 Å². The second kappa shape index (κ2) is 2.47. The fraction of sp³-hybridized carbons (Fsp3) is 0.800. The molecule has 0 amide bonds. The fourth-order valence-corrected chi connectivity index (χ4v) is 2.65. The lowest BCUT2D eigenvalue weighted by Gasteiger charge is -2.53. The molecule has 0 spiro atoms. The van der Waals surface area contributed by atoms with Crippen LogP contribution in [0.25, 0.3) is 0 Å². The zero-order valence-corrected chi connectivity index (χ0v) is 7.91. The molecule has 4 unspecified atom stereocenters. The van der Waals surface area contributed by atoms with Gasteiger partial charge in [-0.25, -0.2) is 0 Å². The van der Waals surface area contributed by atoms with Crippen LogP contribution in [0.5, 0.6) is 0 Å². The molecule has 13 heavy (non-hydrogen) atoms. The van der Waals surface area contributed by atoms with Gasteiger partial charge < -0.3 is 4.74 Å². The topological polar surface area (TPSA) is 50.1 Å². The van der Waals surface area contributed by atoms with Crippen LogP contribution < -0.4 is 0 Å². The number of cyclic esters (lactones) is 1. The minimum atomic E-state index is -0.108. The summed E-state index contributed by atoms with van der Waals surface area (Å²) in [4.78, 5) is 11.4. The van der Waals surface area contributed by atoms with Crippen LogP contribution in [0.15, 0.2) is 0 Å². The molecule has 1 heterocycles. The third kappa shape index (κ3) is 0.980. The van der Waals surface area contributed by atoms with Gasteiger partial charge in [-0.1, -0.05) is 6.92 Å². The van der Waals surface area contributed by atoms with Crippen molar-refractivity contribution >= 4 is 5.97 Å². The molecule has 0 aromatic heterocycles. The predicted molar refractivity (Wildman–Crippen MR) is 45.5 cm³/mol. The van der Waals surface area contributed by atoms with E-state index < -0.39 is 0 Å². The molecular formula is C10H13NO2. The number of rotatable bonds is 0. The molecule has 0 aromatic carbocycles. The van der Waals surface area contributed by atoms with Gasteiger partial charge in [0.25, 0.3) is 0 Å². The number of hydrogen-bond donors (Lipinski definition) is 0. The summed E-state index contributed by atoms with van der Waals surface area (Å²) in [6.07, 6.45) is 1.50. The lowest BCUT2D eigenvalue weighted by atomic mass is 9.51. The highest BCUT2D eigenvalue weighted by Crippen LogP contribution is 2.57. The molecular weight excluding hydrogens is 166 g/mol. The van der Waals surface area contributed by atoms with Gasteiger partial charge in [-0.05, 0) is 19.8 Å². The molecule has 2 rings (SSSR count). The van der Waals surface area contributed by atoms with Gasteiger partial charge >= 0.3 is 5.97 Å². The largest absolute Gasteiger partial charge is 0.462 e. The average molecular weight is 179 g/mol. The minimum Gasteiger partial charge on any atom is -0.462 e. The maximum atomic E-state index is 11.4. The number of fused-ring (bicyclic) bond motifs is 1. The number of carbonyl (C=O) groups excluding carboxylic acids is 1. The monoisotopic (exact) mass is 179 g/mol. The predicted octanol–water partition coefficient (Wildman–Crippen LogP) is 1.49. The maximum Gasteiger partial charge on any atom is 0.309 e. The Kier molecular flexibility index (Phi) is 1.63. The van der Waals surface area contributed by atoms with Crippen molar-refractivity contribution in [2.75, 3.05) is 0 Å². The SMILES string of the molecule is CC1CC2(C)C(C#N)CC2C(=O)O1. The van der Waals surface area contributed by atoms with Crippen molar-refractivity contribution in [3.8, 4) is 6.07 Å². The molecule has 3 heteroatoms. The Labute approximate surface area is 77.7 Å². The Morgan fingerprint density at radius 3 is 3.00 bits per heavy atom. The average Bonchev–Trinajstić information content (AvgIpc) is 2.00. The van der Waals surface area contributed by atoms with Crippen LogP contribution in [0.1, 0.15) is 26.7 Å². The third-order valence-corrected chi connectivity index (χ3v) is 3.55. The molecule has 1 aliphatic carbocycles. The van der Waals surface area contributed by atoms with Gasteiger partial charge in [0, 0.05) is 5.41 Å². The first-order chi connectivity index (χ1) is 6.08. The van der Waals surface area contributed by atoms with E-state index in [0.717, 1.165) is 6.42 Å². The summed E-state index contributed by atoms with van der Waals surface area (Å²) >= 11 is 0. The second-order valence-electron chi connectivity index (χ2n) is 4.43. The van der Waals surface area contributed by atoms with Crippen molar-refractivity contribution in [3.63, 3.8) is 0 Å². The van der Waals surface area contributed by atoms with E-state index in [1.807, 2.05) is 13.8 Å². The molecule has 1 saturated carbocycles. The van der Waals surface area contributed by atoms with Crippen LogP contribution in [0.4, 0.5) is 0 Å². The minimum absolute atomic E-state index is 0.0200. The number of ether oxygens (including phenoxy) is 1. The lowest BCUT2D eigenvalue weighted by Crippen LogP contribution is -2.56. The molecule has 70 valence electrons. The summed E-state index contributed by atoms with van der Waals surface area (Å²) < 4.78 is 5.13.